The van der Waals surface area contributed by atoms with E-state index in [1.165, 1.54) is 32.4 Å². The predicted octanol–water partition coefficient (Wildman–Crippen LogP) is 8.19. The first-order valence-corrected chi connectivity index (χ1v) is 16.6. The number of hydrogen-bond donors (Lipinski definition) is 1. The van der Waals surface area contributed by atoms with Crippen molar-refractivity contribution in [3.63, 3.8) is 0 Å². The van der Waals surface area contributed by atoms with E-state index in [9.17, 15) is 0 Å². The lowest BCUT2D eigenvalue weighted by atomic mass is 9.94. The molecule has 2 heterocycles. The highest BCUT2D eigenvalue weighted by Gasteiger charge is 2.18. The van der Waals surface area contributed by atoms with Crippen LogP contribution in [-0.2, 0) is 19.8 Å². The largest absolute Gasteiger partial charge is 0.494 e. The van der Waals surface area contributed by atoms with E-state index in [-0.39, 0.29) is 25.6 Å². The number of ether oxygens (including phenoxy) is 3. The SMILES string of the molecule is CCC1CCN(CCCOc2cccc(-c3cccc(COc4cc(OCc5ccc6nonc6c5)c(CN)cc4Cl)c3F)c2)CC1. The number of likely N-dealkylation sites (tertiary alicyclic amines) is 1. The minimum atomic E-state index is -0.357. The van der Waals surface area contributed by atoms with E-state index in [1.54, 1.807) is 24.3 Å². The lowest BCUT2D eigenvalue weighted by Crippen LogP contribution is -2.34. The monoisotopic (exact) mass is 658 g/mol. The van der Waals surface area contributed by atoms with Crippen LogP contribution in [0.3, 0.4) is 0 Å². The summed E-state index contributed by atoms with van der Waals surface area (Å²) in [6.45, 7) is 6.75. The first-order chi connectivity index (χ1) is 23.0. The molecule has 0 saturated carbocycles. The van der Waals surface area contributed by atoms with Crippen molar-refractivity contribution in [3.8, 4) is 28.4 Å². The van der Waals surface area contributed by atoms with E-state index >= 15 is 4.39 Å². The number of piperidine rings is 1. The smallest absolute Gasteiger partial charge is 0.142 e. The molecule has 0 amide bonds. The van der Waals surface area contributed by atoms with Gasteiger partial charge in [-0.15, -0.1) is 0 Å². The van der Waals surface area contributed by atoms with Crippen LogP contribution >= 0.6 is 11.6 Å². The number of nitrogens with zero attached hydrogens (tertiary/aromatic N) is 3. The maximum Gasteiger partial charge on any atom is 0.142 e. The summed E-state index contributed by atoms with van der Waals surface area (Å²) in [4.78, 5) is 2.53. The number of nitrogens with two attached hydrogens (primary N) is 1. The van der Waals surface area contributed by atoms with Crippen LogP contribution in [0, 0.1) is 11.7 Å². The van der Waals surface area contributed by atoms with E-state index < -0.39 is 0 Å². The maximum absolute atomic E-state index is 15.8. The average molecular weight is 659 g/mol. The third-order valence-corrected chi connectivity index (χ3v) is 9.12. The van der Waals surface area contributed by atoms with Gasteiger partial charge < -0.3 is 24.8 Å². The molecule has 10 heteroatoms. The molecular weight excluding hydrogens is 619 g/mol. The second-order valence-corrected chi connectivity index (χ2v) is 12.4. The van der Waals surface area contributed by atoms with Crippen molar-refractivity contribution in [1.29, 1.82) is 0 Å². The zero-order valence-electron chi connectivity index (χ0n) is 26.6. The standard InChI is InChI=1S/C37H40ClFN4O4/c1-2-25-12-15-43(16-13-25)14-5-17-44-30-8-3-6-27(19-30)31-9-4-7-28(37(31)39)24-46-36-21-35(29(22-40)20-32(36)38)45-23-26-10-11-33-34(18-26)42-47-41-33/h3-4,6-11,18-21,25H,2,5,12-17,22-24,40H2,1H3. The van der Waals surface area contributed by atoms with Crippen LogP contribution in [0.4, 0.5) is 4.39 Å². The van der Waals surface area contributed by atoms with Crippen molar-refractivity contribution in [3.05, 3.63) is 100 Å². The van der Waals surface area contributed by atoms with Crippen molar-refractivity contribution in [1.82, 2.24) is 15.2 Å². The number of hydrogen-bond acceptors (Lipinski definition) is 8. The first-order valence-electron chi connectivity index (χ1n) is 16.2. The van der Waals surface area contributed by atoms with Crippen molar-refractivity contribution in [2.45, 2.75) is 52.4 Å². The van der Waals surface area contributed by atoms with Crippen LogP contribution in [0.5, 0.6) is 17.2 Å². The van der Waals surface area contributed by atoms with Crippen molar-refractivity contribution in [2.24, 2.45) is 11.7 Å². The van der Waals surface area contributed by atoms with Gasteiger partial charge in [-0.2, -0.15) is 0 Å². The second kappa shape index (κ2) is 15.6. The Morgan fingerprint density at radius 1 is 0.894 bits per heavy atom. The first kappa shape index (κ1) is 32.7. The quantitative estimate of drug-likeness (QED) is 0.119. The summed E-state index contributed by atoms with van der Waals surface area (Å²) in [7, 11) is 0. The predicted molar refractivity (Wildman–Crippen MR) is 181 cm³/mol. The minimum absolute atomic E-state index is 0.0255. The van der Waals surface area contributed by atoms with Crippen molar-refractivity contribution in [2.75, 3.05) is 26.2 Å². The van der Waals surface area contributed by atoms with Gasteiger partial charge in [0.25, 0.3) is 0 Å². The van der Waals surface area contributed by atoms with Crippen LogP contribution in [0.15, 0.2) is 77.4 Å². The Kier molecular flexibility index (Phi) is 10.9. The van der Waals surface area contributed by atoms with Crippen LogP contribution in [0.25, 0.3) is 22.2 Å². The van der Waals surface area contributed by atoms with E-state index in [0.717, 1.165) is 41.3 Å². The van der Waals surface area contributed by atoms with Gasteiger partial charge in [0.05, 0.1) is 11.6 Å². The molecule has 5 aromatic rings. The van der Waals surface area contributed by atoms with E-state index in [0.29, 0.717) is 45.3 Å². The van der Waals surface area contributed by atoms with Gasteiger partial charge >= 0.3 is 0 Å². The molecule has 0 radical (unpaired) electrons. The summed E-state index contributed by atoms with van der Waals surface area (Å²) in [6, 6.07) is 21.8. The average Bonchev–Trinajstić information content (AvgIpc) is 3.58. The fourth-order valence-electron chi connectivity index (χ4n) is 5.98. The fraction of sp³-hybridized carbons (Fsp3) is 0.351. The zero-order valence-corrected chi connectivity index (χ0v) is 27.3. The summed E-state index contributed by atoms with van der Waals surface area (Å²) >= 11 is 6.54. The molecule has 0 spiro atoms. The Labute approximate surface area is 279 Å². The Bertz CT molecular complexity index is 1790. The Hall–Kier alpha value is -4.18. The lowest BCUT2D eigenvalue weighted by molar-refractivity contribution is 0.169. The Morgan fingerprint density at radius 2 is 1.70 bits per heavy atom. The number of halogens is 2. The summed E-state index contributed by atoms with van der Waals surface area (Å²) < 4.78 is 38.8. The molecule has 8 nitrogen and oxygen atoms in total. The van der Waals surface area contributed by atoms with Crippen molar-refractivity contribution >= 4 is 22.6 Å². The van der Waals surface area contributed by atoms with Crippen LogP contribution in [0.1, 0.15) is 49.3 Å². The molecule has 1 saturated heterocycles. The van der Waals surface area contributed by atoms with E-state index in [2.05, 4.69) is 22.1 Å². The van der Waals surface area contributed by atoms with E-state index in [4.69, 9.17) is 36.2 Å². The molecule has 1 aromatic heterocycles. The van der Waals surface area contributed by atoms with Crippen LogP contribution < -0.4 is 19.9 Å². The third-order valence-electron chi connectivity index (χ3n) is 8.83. The highest BCUT2D eigenvalue weighted by atomic mass is 35.5. The Balaban J connectivity index is 1.07. The molecule has 2 N–H and O–H groups in total. The molecule has 1 aliphatic rings. The maximum atomic E-state index is 15.8. The van der Waals surface area contributed by atoms with E-state index in [1.807, 2.05) is 48.5 Å². The molecule has 0 atom stereocenters. The Morgan fingerprint density at radius 3 is 2.53 bits per heavy atom. The molecular formula is C37H40ClFN4O4. The van der Waals surface area contributed by atoms with Crippen molar-refractivity contribution < 1.29 is 23.2 Å². The molecule has 1 aliphatic heterocycles. The molecule has 0 aliphatic carbocycles. The molecule has 4 aromatic carbocycles. The molecule has 1 fully saturated rings. The highest BCUT2D eigenvalue weighted by Crippen LogP contribution is 2.35. The van der Waals surface area contributed by atoms with Gasteiger partial charge in [0.15, 0.2) is 0 Å². The van der Waals surface area contributed by atoms with Gasteiger partial charge in [-0.05, 0) is 90.0 Å². The topological polar surface area (TPSA) is 95.9 Å². The molecule has 6 rings (SSSR count). The van der Waals surface area contributed by atoms with Gasteiger partial charge in [-0.25, -0.2) is 9.02 Å². The van der Waals surface area contributed by atoms with Gasteiger partial charge in [-0.3, -0.25) is 0 Å². The number of aromatic nitrogens is 2. The minimum Gasteiger partial charge on any atom is -0.494 e. The number of fused-ring (bicyclic) bond motifs is 1. The molecule has 47 heavy (non-hydrogen) atoms. The number of rotatable bonds is 14. The van der Waals surface area contributed by atoms with Gasteiger partial charge in [0, 0.05) is 35.8 Å². The van der Waals surface area contributed by atoms with Gasteiger partial charge in [-0.1, -0.05) is 61.3 Å². The van der Waals surface area contributed by atoms with Gasteiger partial charge in [0.2, 0.25) is 0 Å². The molecule has 0 bridgehead atoms. The highest BCUT2D eigenvalue weighted by molar-refractivity contribution is 6.32. The molecule has 246 valence electrons. The third kappa shape index (κ3) is 8.22. The zero-order chi connectivity index (χ0) is 32.6. The normalized spacial score (nSPS) is 14.0. The molecule has 0 unspecified atom stereocenters. The van der Waals surface area contributed by atoms with Crippen LogP contribution in [0.2, 0.25) is 5.02 Å². The fourth-order valence-corrected chi connectivity index (χ4v) is 6.22. The summed E-state index contributed by atoms with van der Waals surface area (Å²) in [5.41, 5.74) is 10.5. The summed E-state index contributed by atoms with van der Waals surface area (Å²) in [5, 5.41) is 8.07. The lowest BCUT2D eigenvalue weighted by Gasteiger charge is -2.31. The van der Waals surface area contributed by atoms with Crippen LogP contribution in [-0.4, -0.2) is 41.5 Å². The van der Waals surface area contributed by atoms with Gasteiger partial charge in [0.1, 0.15) is 47.3 Å². The summed E-state index contributed by atoms with van der Waals surface area (Å²) in [6.07, 6.45) is 4.82. The summed E-state index contributed by atoms with van der Waals surface area (Å²) in [5.74, 6) is 2.14. The number of benzene rings is 4. The second-order valence-electron chi connectivity index (χ2n) is 12.0.